The first-order chi connectivity index (χ1) is 44.0. The van der Waals surface area contributed by atoms with E-state index in [0.717, 1.165) is 102 Å². The van der Waals surface area contributed by atoms with Crippen LogP contribution < -0.4 is 0 Å². The van der Waals surface area contributed by atoms with Crippen LogP contribution in [0.4, 0.5) is 0 Å². The third-order valence-electron chi connectivity index (χ3n) is 16.8. The topological polar surface area (TPSA) is 237 Å². The van der Waals surface area contributed by atoms with Gasteiger partial charge in [-0.1, -0.05) is 324 Å². The van der Waals surface area contributed by atoms with Crippen LogP contribution in [0.15, 0.2) is 0 Å². The molecule has 2 unspecified atom stereocenters. The largest absolute Gasteiger partial charge is 0.472 e. The van der Waals surface area contributed by atoms with Crippen molar-refractivity contribution in [2.75, 3.05) is 39.6 Å². The molecule has 0 amide bonds. The summed E-state index contributed by atoms with van der Waals surface area (Å²) in [4.78, 5) is 72.5. The van der Waals surface area contributed by atoms with Crippen LogP contribution in [0.3, 0.4) is 0 Å². The lowest BCUT2D eigenvalue weighted by molar-refractivity contribution is -0.161. The number of carbonyl (C=O) groups excluding carboxylic acids is 4. The number of hydrogen-bond donors (Lipinski definition) is 3. The lowest BCUT2D eigenvalue weighted by Gasteiger charge is -2.21. The molecule has 0 spiro atoms. The highest BCUT2D eigenvalue weighted by Gasteiger charge is 2.30. The van der Waals surface area contributed by atoms with Gasteiger partial charge < -0.3 is 33.8 Å². The zero-order valence-electron chi connectivity index (χ0n) is 59.0. The van der Waals surface area contributed by atoms with Crippen LogP contribution in [0.2, 0.25) is 0 Å². The van der Waals surface area contributed by atoms with Crippen molar-refractivity contribution in [3.05, 3.63) is 0 Å². The van der Waals surface area contributed by atoms with Gasteiger partial charge in [-0.15, -0.1) is 0 Å². The maximum absolute atomic E-state index is 13.0. The van der Waals surface area contributed by atoms with Gasteiger partial charge in [0, 0.05) is 25.7 Å². The number of phosphoric ester groups is 2. The Morgan fingerprint density at radius 1 is 0.297 bits per heavy atom. The van der Waals surface area contributed by atoms with Crippen LogP contribution in [0.5, 0.6) is 0 Å². The summed E-state index contributed by atoms with van der Waals surface area (Å²) in [6, 6.07) is 0. The average molecular weight is 1340 g/mol. The molecule has 0 bridgehead atoms. The van der Waals surface area contributed by atoms with E-state index in [1.807, 2.05) is 0 Å². The standard InChI is InChI=1S/C72H140O17P2/c1-6-9-12-15-18-21-23-24-25-26-30-33-37-41-46-51-56-70(75)83-62-68(89-72(77)58-53-48-43-38-34-31-28-27-29-32-35-39-44-49-54-65(4)5)64-87-91(80,81)85-60-66(73)59-84-90(78,79)86-63-67(61-82-69(74)55-50-45-40-20-17-14-11-8-3)88-71(76)57-52-47-42-36-22-19-16-13-10-7-2/h65-68,73H,6-64H2,1-5H3,(H,78,79)(H,80,81)/t66-,67+,68+/m0/s1. The minimum absolute atomic E-state index is 0.107. The van der Waals surface area contributed by atoms with Crippen LogP contribution in [0.1, 0.15) is 375 Å². The van der Waals surface area contributed by atoms with Gasteiger partial charge in [0.05, 0.1) is 26.4 Å². The Morgan fingerprint density at radius 3 is 0.747 bits per heavy atom. The van der Waals surface area contributed by atoms with Gasteiger partial charge in [-0.2, -0.15) is 0 Å². The van der Waals surface area contributed by atoms with Gasteiger partial charge in [-0.25, -0.2) is 9.13 Å². The summed E-state index contributed by atoms with van der Waals surface area (Å²) in [6.07, 6.45) is 52.7. The fourth-order valence-electron chi connectivity index (χ4n) is 11.0. The summed E-state index contributed by atoms with van der Waals surface area (Å²) in [5.74, 6) is -1.33. The molecule has 0 saturated carbocycles. The van der Waals surface area contributed by atoms with Gasteiger partial charge in [0.15, 0.2) is 12.2 Å². The number of aliphatic hydroxyl groups excluding tert-OH is 1. The minimum Gasteiger partial charge on any atom is -0.462 e. The molecule has 0 radical (unpaired) electrons. The van der Waals surface area contributed by atoms with Crippen LogP contribution in [-0.4, -0.2) is 96.7 Å². The number of esters is 4. The molecule has 19 heteroatoms. The van der Waals surface area contributed by atoms with Gasteiger partial charge in [-0.05, 0) is 31.6 Å². The van der Waals surface area contributed by atoms with E-state index in [-0.39, 0.29) is 25.7 Å². The maximum Gasteiger partial charge on any atom is 0.472 e. The molecule has 3 N–H and O–H groups in total. The number of aliphatic hydroxyl groups is 1. The number of carbonyl (C=O) groups is 4. The number of rotatable bonds is 72. The van der Waals surface area contributed by atoms with Crippen LogP contribution in [0, 0.1) is 5.92 Å². The molecule has 0 aliphatic heterocycles. The van der Waals surface area contributed by atoms with Gasteiger partial charge in [0.25, 0.3) is 0 Å². The van der Waals surface area contributed by atoms with Crippen molar-refractivity contribution < 1.29 is 80.2 Å². The summed E-state index contributed by atoms with van der Waals surface area (Å²) in [5.41, 5.74) is 0. The van der Waals surface area contributed by atoms with E-state index in [1.165, 1.54) is 193 Å². The summed E-state index contributed by atoms with van der Waals surface area (Å²) in [6.45, 7) is 7.25. The van der Waals surface area contributed by atoms with Crippen molar-refractivity contribution >= 4 is 39.5 Å². The van der Waals surface area contributed by atoms with E-state index in [0.29, 0.717) is 25.7 Å². The average Bonchev–Trinajstić information content (AvgIpc) is 3.73. The zero-order chi connectivity index (χ0) is 67.0. The first-order valence-electron chi connectivity index (χ1n) is 37.6. The quantitative estimate of drug-likeness (QED) is 0.0222. The Balaban J connectivity index is 5.20. The molecule has 0 rings (SSSR count). The lowest BCUT2D eigenvalue weighted by Crippen LogP contribution is -2.30. The molecule has 91 heavy (non-hydrogen) atoms. The fraction of sp³-hybridized carbons (Fsp3) is 0.944. The second-order valence-corrected chi connectivity index (χ2v) is 29.4. The van der Waals surface area contributed by atoms with E-state index >= 15 is 0 Å². The maximum atomic E-state index is 13.0. The number of phosphoric acid groups is 2. The normalized spacial score (nSPS) is 14.0. The first-order valence-corrected chi connectivity index (χ1v) is 40.6. The smallest absolute Gasteiger partial charge is 0.462 e. The van der Waals surface area contributed by atoms with Gasteiger partial charge in [-0.3, -0.25) is 37.3 Å². The van der Waals surface area contributed by atoms with E-state index in [9.17, 15) is 43.2 Å². The van der Waals surface area contributed by atoms with E-state index < -0.39 is 97.5 Å². The molecule has 0 aliphatic rings. The third kappa shape index (κ3) is 66.5. The predicted molar refractivity (Wildman–Crippen MR) is 368 cm³/mol. The third-order valence-corrected chi connectivity index (χ3v) is 18.7. The number of hydrogen-bond acceptors (Lipinski definition) is 15. The molecule has 0 heterocycles. The predicted octanol–water partition coefficient (Wildman–Crippen LogP) is 20.9. The first kappa shape index (κ1) is 89.1. The Labute approximate surface area is 556 Å². The Bertz CT molecular complexity index is 1750. The van der Waals surface area contributed by atoms with Crippen molar-refractivity contribution in [2.24, 2.45) is 5.92 Å². The summed E-state index contributed by atoms with van der Waals surface area (Å²) >= 11 is 0. The second kappa shape index (κ2) is 65.4. The van der Waals surface area contributed by atoms with E-state index in [2.05, 4.69) is 34.6 Å². The van der Waals surface area contributed by atoms with Gasteiger partial charge in [0.1, 0.15) is 19.3 Å². The van der Waals surface area contributed by atoms with Crippen molar-refractivity contribution in [2.45, 2.75) is 393 Å². The van der Waals surface area contributed by atoms with Crippen molar-refractivity contribution in [1.29, 1.82) is 0 Å². The molecular formula is C72H140O17P2. The second-order valence-electron chi connectivity index (χ2n) is 26.5. The Kier molecular flexibility index (Phi) is 64.0. The summed E-state index contributed by atoms with van der Waals surface area (Å²) in [7, 11) is -9.90. The van der Waals surface area contributed by atoms with Gasteiger partial charge >= 0.3 is 39.5 Å². The lowest BCUT2D eigenvalue weighted by atomic mass is 10.0. The number of ether oxygens (including phenoxy) is 4. The molecule has 0 aromatic carbocycles. The van der Waals surface area contributed by atoms with Gasteiger partial charge in [0.2, 0.25) is 0 Å². The molecule has 540 valence electrons. The molecule has 0 fully saturated rings. The van der Waals surface area contributed by atoms with Crippen LogP contribution >= 0.6 is 15.6 Å². The number of unbranched alkanes of at least 4 members (excludes halogenated alkanes) is 44. The fourth-order valence-corrected chi connectivity index (χ4v) is 12.6. The highest BCUT2D eigenvalue weighted by Crippen LogP contribution is 2.45. The molecule has 0 aromatic rings. The van der Waals surface area contributed by atoms with Crippen molar-refractivity contribution in [3.8, 4) is 0 Å². The molecule has 17 nitrogen and oxygen atoms in total. The molecule has 0 aromatic heterocycles. The molecule has 0 saturated heterocycles. The van der Waals surface area contributed by atoms with Crippen molar-refractivity contribution in [1.82, 2.24) is 0 Å². The monoisotopic (exact) mass is 1340 g/mol. The van der Waals surface area contributed by atoms with Crippen LogP contribution in [-0.2, 0) is 65.4 Å². The highest BCUT2D eigenvalue weighted by molar-refractivity contribution is 7.47. The summed E-state index contributed by atoms with van der Waals surface area (Å²) < 4.78 is 68.3. The molecular weight excluding hydrogens is 1200 g/mol. The Hall–Kier alpha value is -1.94. The SMILES string of the molecule is CCCCCCCCCCCCCCCCCCC(=O)OC[C@H](COP(=O)(O)OC[C@@H](O)COP(=O)(O)OC[C@@H](COC(=O)CCCCCCCCCC)OC(=O)CCCCCCCCCCCC)OC(=O)CCCCCCCCCCCCCCCCC(C)C. The van der Waals surface area contributed by atoms with Crippen molar-refractivity contribution in [3.63, 3.8) is 0 Å². The highest BCUT2D eigenvalue weighted by atomic mass is 31.2. The minimum atomic E-state index is -4.95. The molecule has 5 atom stereocenters. The summed E-state index contributed by atoms with van der Waals surface area (Å²) in [5, 5.41) is 10.6. The van der Waals surface area contributed by atoms with Crippen LogP contribution in [0.25, 0.3) is 0 Å². The van der Waals surface area contributed by atoms with E-state index in [4.69, 9.17) is 37.0 Å². The zero-order valence-corrected chi connectivity index (χ0v) is 60.8. The van der Waals surface area contributed by atoms with E-state index in [1.54, 1.807) is 0 Å². The Morgan fingerprint density at radius 2 is 0.505 bits per heavy atom. The molecule has 0 aliphatic carbocycles.